The molecule has 0 saturated carbocycles. The number of carbonyl (C=O) groups excluding carboxylic acids is 4. The third kappa shape index (κ3) is 9.03. The standard InChI is InChI=1S/C28H33Cl2N3O5/c1-17(2)11-24(27(36)32-23(16-34)15-20-9-10-31-26(20)35)33-28(37)38-25(19-6-4-8-22(30)14-19)13-18-5-3-7-21(29)12-18/h3-8,12,14,16-17,20,23-25H,9-11,13,15H2,1-2H3,(H,31,35)(H,32,36)(H,33,37)/t20-,23-,24-,25?/m0/s1. The third-order valence-corrected chi connectivity index (χ3v) is 6.76. The topological polar surface area (TPSA) is 114 Å². The lowest BCUT2D eigenvalue weighted by Gasteiger charge is -2.25. The monoisotopic (exact) mass is 561 g/mol. The van der Waals surface area contributed by atoms with Crippen molar-refractivity contribution in [2.45, 2.75) is 57.7 Å². The summed E-state index contributed by atoms with van der Waals surface area (Å²) in [4.78, 5) is 49.7. The first-order valence-electron chi connectivity index (χ1n) is 12.6. The van der Waals surface area contributed by atoms with Crippen LogP contribution in [-0.4, -0.2) is 42.8 Å². The van der Waals surface area contributed by atoms with E-state index >= 15 is 0 Å². The van der Waals surface area contributed by atoms with Gasteiger partial charge in [-0.25, -0.2) is 4.79 Å². The molecule has 1 saturated heterocycles. The molecule has 1 fully saturated rings. The van der Waals surface area contributed by atoms with E-state index in [4.69, 9.17) is 27.9 Å². The van der Waals surface area contributed by atoms with Gasteiger partial charge in [0.2, 0.25) is 11.8 Å². The van der Waals surface area contributed by atoms with Crippen molar-refractivity contribution >= 4 is 47.4 Å². The van der Waals surface area contributed by atoms with Crippen molar-refractivity contribution in [2.75, 3.05) is 6.54 Å². The van der Waals surface area contributed by atoms with Gasteiger partial charge in [0, 0.05) is 28.9 Å². The van der Waals surface area contributed by atoms with Gasteiger partial charge in [-0.05, 0) is 60.6 Å². The van der Waals surface area contributed by atoms with Crippen molar-refractivity contribution in [3.05, 3.63) is 69.7 Å². The van der Waals surface area contributed by atoms with E-state index in [9.17, 15) is 19.2 Å². The fraction of sp³-hybridized carbons (Fsp3) is 0.429. The molecular formula is C28H33Cl2N3O5. The average molecular weight is 562 g/mol. The molecule has 3 N–H and O–H groups in total. The van der Waals surface area contributed by atoms with Crippen LogP contribution in [0.3, 0.4) is 0 Å². The molecule has 2 aromatic carbocycles. The van der Waals surface area contributed by atoms with Crippen LogP contribution >= 0.6 is 23.2 Å². The number of hydrogen-bond donors (Lipinski definition) is 3. The summed E-state index contributed by atoms with van der Waals surface area (Å²) in [6.45, 7) is 4.39. The second-order valence-electron chi connectivity index (χ2n) is 9.87. The maximum absolute atomic E-state index is 13.1. The maximum Gasteiger partial charge on any atom is 0.408 e. The molecule has 0 spiro atoms. The van der Waals surface area contributed by atoms with Gasteiger partial charge in [-0.15, -0.1) is 0 Å². The molecule has 38 heavy (non-hydrogen) atoms. The van der Waals surface area contributed by atoms with Gasteiger partial charge < -0.3 is 25.5 Å². The highest BCUT2D eigenvalue weighted by Crippen LogP contribution is 2.26. The van der Waals surface area contributed by atoms with E-state index in [0.717, 1.165) is 5.56 Å². The SMILES string of the molecule is CC(C)C[C@H](NC(=O)OC(Cc1cccc(Cl)c1)c1cccc(Cl)c1)C(=O)N[C@H](C=O)C[C@@H]1CCNC1=O. The van der Waals surface area contributed by atoms with Crippen LogP contribution in [0, 0.1) is 11.8 Å². The first-order valence-corrected chi connectivity index (χ1v) is 13.4. The van der Waals surface area contributed by atoms with Crippen LogP contribution in [0.4, 0.5) is 4.79 Å². The largest absolute Gasteiger partial charge is 0.441 e. The van der Waals surface area contributed by atoms with Gasteiger partial charge in [0.05, 0.1) is 6.04 Å². The van der Waals surface area contributed by atoms with Crippen molar-refractivity contribution in [2.24, 2.45) is 11.8 Å². The van der Waals surface area contributed by atoms with E-state index in [0.29, 0.717) is 47.7 Å². The zero-order chi connectivity index (χ0) is 27.7. The van der Waals surface area contributed by atoms with Gasteiger partial charge in [0.15, 0.2) is 0 Å². The zero-order valence-corrected chi connectivity index (χ0v) is 22.9. The molecule has 1 unspecified atom stereocenters. The minimum absolute atomic E-state index is 0.0662. The van der Waals surface area contributed by atoms with Gasteiger partial charge in [-0.1, -0.05) is 61.3 Å². The van der Waals surface area contributed by atoms with Crippen LogP contribution in [0.25, 0.3) is 0 Å². The second-order valence-corrected chi connectivity index (χ2v) is 10.7. The van der Waals surface area contributed by atoms with E-state index in [1.165, 1.54) is 0 Å². The summed E-state index contributed by atoms with van der Waals surface area (Å²) >= 11 is 12.3. The van der Waals surface area contributed by atoms with Crippen LogP contribution in [0.1, 0.15) is 50.3 Å². The molecular weight excluding hydrogens is 529 g/mol. The Kier molecular flexibility index (Phi) is 11.0. The van der Waals surface area contributed by atoms with E-state index in [1.54, 1.807) is 36.4 Å². The molecule has 0 aliphatic carbocycles. The van der Waals surface area contributed by atoms with Crippen LogP contribution in [0.5, 0.6) is 0 Å². The van der Waals surface area contributed by atoms with Gasteiger partial charge >= 0.3 is 6.09 Å². The quantitative estimate of drug-likeness (QED) is 0.327. The second kappa shape index (κ2) is 14.2. The number of nitrogens with one attached hydrogen (secondary N) is 3. The summed E-state index contributed by atoms with van der Waals surface area (Å²) < 4.78 is 5.80. The number of halogens is 2. The molecule has 4 atom stereocenters. The molecule has 1 aliphatic heterocycles. The summed E-state index contributed by atoms with van der Waals surface area (Å²) in [7, 11) is 0. The Labute approximate surface area is 232 Å². The predicted octanol–water partition coefficient (Wildman–Crippen LogP) is 4.63. The van der Waals surface area contributed by atoms with Crippen molar-refractivity contribution in [3.63, 3.8) is 0 Å². The molecule has 0 radical (unpaired) electrons. The minimum Gasteiger partial charge on any atom is -0.441 e. The number of aldehydes is 1. The Hall–Kier alpha value is -3.10. The summed E-state index contributed by atoms with van der Waals surface area (Å²) in [5, 5.41) is 9.12. The highest BCUT2D eigenvalue weighted by atomic mass is 35.5. The lowest BCUT2D eigenvalue weighted by Crippen LogP contribution is -2.51. The lowest BCUT2D eigenvalue weighted by atomic mass is 9.98. The molecule has 3 rings (SSSR count). The molecule has 0 bridgehead atoms. The summed E-state index contributed by atoms with van der Waals surface area (Å²) in [6, 6.07) is 12.5. The average Bonchev–Trinajstić information content (AvgIpc) is 3.26. The fourth-order valence-electron chi connectivity index (χ4n) is 4.43. The molecule has 204 valence electrons. The number of rotatable bonds is 12. The Morgan fingerprint density at radius 3 is 2.42 bits per heavy atom. The van der Waals surface area contributed by atoms with Gasteiger partial charge in [-0.2, -0.15) is 0 Å². The molecule has 3 amide bonds. The first kappa shape index (κ1) is 29.5. The highest BCUT2D eigenvalue weighted by Gasteiger charge is 2.30. The molecule has 1 heterocycles. The smallest absolute Gasteiger partial charge is 0.408 e. The van der Waals surface area contributed by atoms with Crippen LogP contribution in [0.2, 0.25) is 10.0 Å². The number of benzene rings is 2. The highest BCUT2D eigenvalue weighted by molar-refractivity contribution is 6.30. The van der Waals surface area contributed by atoms with Crippen molar-refractivity contribution < 1.29 is 23.9 Å². The van der Waals surface area contributed by atoms with Gasteiger partial charge in [-0.3, -0.25) is 9.59 Å². The van der Waals surface area contributed by atoms with E-state index in [1.807, 2.05) is 26.0 Å². The van der Waals surface area contributed by atoms with Crippen molar-refractivity contribution in [3.8, 4) is 0 Å². The third-order valence-electron chi connectivity index (χ3n) is 6.29. The summed E-state index contributed by atoms with van der Waals surface area (Å²) in [6.07, 6.45) is 0.620. The van der Waals surface area contributed by atoms with Crippen molar-refractivity contribution in [1.82, 2.24) is 16.0 Å². The van der Waals surface area contributed by atoms with Gasteiger partial charge in [0.1, 0.15) is 18.4 Å². The Balaban J connectivity index is 1.71. The molecule has 1 aliphatic rings. The number of hydrogen-bond acceptors (Lipinski definition) is 5. The number of alkyl carbamates (subject to hydrolysis) is 1. The van der Waals surface area contributed by atoms with Crippen LogP contribution in [-0.2, 0) is 25.5 Å². The Bertz CT molecular complexity index is 1140. The van der Waals surface area contributed by atoms with E-state index < -0.39 is 30.2 Å². The predicted molar refractivity (Wildman–Crippen MR) is 146 cm³/mol. The molecule has 10 heteroatoms. The minimum atomic E-state index is -0.937. The summed E-state index contributed by atoms with van der Waals surface area (Å²) in [5.41, 5.74) is 1.55. The summed E-state index contributed by atoms with van der Waals surface area (Å²) in [5.74, 6) is -0.910. The number of amides is 3. The number of carbonyl (C=O) groups is 4. The van der Waals surface area contributed by atoms with Crippen LogP contribution < -0.4 is 16.0 Å². The first-order chi connectivity index (χ1) is 18.1. The Morgan fingerprint density at radius 2 is 1.82 bits per heavy atom. The lowest BCUT2D eigenvalue weighted by molar-refractivity contribution is -0.127. The maximum atomic E-state index is 13.1. The Morgan fingerprint density at radius 1 is 1.11 bits per heavy atom. The van der Waals surface area contributed by atoms with E-state index in [-0.39, 0.29) is 24.2 Å². The molecule has 0 aromatic heterocycles. The number of ether oxygens (including phenoxy) is 1. The van der Waals surface area contributed by atoms with E-state index in [2.05, 4.69) is 16.0 Å². The fourth-order valence-corrected chi connectivity index (χ4v) is 4.84. The van der Waals surface area contributed by atoms with Gasteiger partial charge in [0.25, 0.3) is 0 Å². The normalized spacial score (nSPS) is 17.3. The molecule has 8 nitrogen and oxygen atoms in total. The zero-order valence-electron chi connectivity index (χ0n) is 21.4. The van der Waals surface area contributed by atoms with Crippen LogP contribution in [0.15, 0.2) is 48.5 Å². The molecule has 2 aromatic rings. The van der Waals surface area contributed by atoms with Crippen molar-refractivity contribution in [1.29, 1.82) is 0 Å².